The molecule has 3 heteroatoms. The average molecular weight is 290 g/mol. The summed E-state index contributed by atoms with van der Waals surface area (Å²) in [4.78, 5) is 11.6. The first kappa shape index (κ1) is 15.9. The van der Waals surface area contributed by atoms with Gasteiger partial charge in [-0.25, -0.2) is 0 Å². The lowest BCUT2D eigenvalue weighted by Crippen LogP contribution is -2.07. The molecule has 1 aliphatic rings. The van der Waals surface area contributed by atoms with Crippen molar-refractivity contribution in [2.24, 2.45) is 11.8 Å². The minimum absolute atomic E-state index is 0.0440. The molecule has 3 nitrogen and oxygen atoms in total. The Morgan fingerprint density at radius 3 is 2.57 bits per heavy atom. The van der Waals surface area contributed by atoms with Crippen LogP contribution in [-0.4, -0.2) is 20.2 Å². The van der Waals surface area contributed by atoms with Crippen molar-refractivity contribution in [2.45, 2.75) is 46.0 Å². The SMILES string of the molecule is CCC(CC1CC1C(=O)OC)c1cc(C)c(OC)cc1C. The summed E-state index contributed by atoms with van der Waals surface area (Å²) >= 11 is 0. The van der Waals surface area contributed by atoms with Gasteiger partial charge in [0, 0.05) is 0 Å². The van der Waals surface area contributed by atoms with E-state index in [-0.39, 0.29) is 11.9 Å². The van der Waals surface area contributed by atoms with E-state index in [1.165, 1.54) is 23.8 Å². The first-order chi connectivity index (χ1) is 10.0. The van der Waals surface area contributed by atoms with Crippen LogP contribution in [0.5, 0.6) is 5.75 Å². The topological polar surface area (TPSA) is 35.5 Å². The predicted octanol–water partition coefficient (Wildman–Crippen LogP) is 4.00. The number of ether oxygens (including phenoxy) is 2. The molecule has 1 saturated carbocycles. The largest absolute Gasteiger partial charge is 0.496 e. The number of hydrogen-bond acceptors (Lipinski definition) is 3. The molecule has 1 aromatic rings. The Labute approximate surface area is 127 Å². The molecule has 0 aliphatic heterocycles. The van der Waals surface area contributed by atoms with Gasteiger partial charge < -0.3 is 9.47 Å². The number of aryl methyl sites for hydroxylation is 2. The quantitative estimate of drug-likeness (QED) is 0.743. The van der Waals surface area contributed by atoms with E-state index >= 15 is 0 Å². The number of esters is 1. The Morgan fingerprint density at radius 1 is 1.29 bits per heavy atom. The Balaban J connectivity index is 2.12. The van der Waals surface area contributed by atoms with E-state index in [0.29, 0.717) is 11.8 Å². The smallest absolute Gasteiger partial charge is 0.308 e. The van der Waals surface area contributed by atoms with Gasteiger partial charge in [-0.2, -0.15) is 0 Å². The highest BCUT2D eigenvalue weighted by Gasteiger charge is 2.44. The number of methoxy groups -OCH3 is 2. The van der Waals surface area contributed by atoms with E-state index in [2.05, 4.69) is 32.9 Å². The second-order valence-electron chi connectivity index (χ2n) is 6.14. The number of carbonyl (C=O) groups is 1. The van der Waals surface area contributed by atoms with Crippen LogP contribution in [0.4, 0.5) is 0 Å². The number of benzene rings is 1. The highest BCUT2D eigenvalue weighted by molar-refractivity contribution is 5.75. The van der Waals surface area contributed by atoms with Gasteiger partial charge in [0.2, 0.25) is 0 Å². The molecule has 0 N–H and O–H groups in total. The van der Waals surface area contributed by atoms with Crippen molar-refractivity contribution in [3.8, 4) is 5.75 Å². The molecule has 21 heavy (non-hydrogen) atoms. The van der Waals surface area contributed by atoms with Gasteiger partial charge in [0.15, 0.2) is 0 Å². The summed E-state index contributed by atoms with van der Waals surface area (Å²) < 4.78 is 10.2. The summed E-state index contributed by atoms with van der Waals surface area (Å²) in [7, 11) is 3.19. The van der Waals surface area contributed by atoms with E-state index in [1.807, 2.05) is 0 Å². The van der Waals surface area contributed by atoms with E-state index in [0.717, 1.165) is 25.0 Å². The lowest BCUT2D eigenvalue weighted by molar-refractivity contribution is -0.142. The molecule has 0 aromatic heterocycles. The van der Waals surface area contributed by atoms with Crippen molar-refractivity contribution in [1.82, 2.24) is 0 Å². The van der Waals surface area contributed by atoms with Crippen LogP contribution in [0.2, 0.25) is 0 Å². The first-order valence-electron chi connectivity index (χ1n) is 7.74. The molecule has 3 atom stereocenters. The standard InChI is InChI=1S/C18H26O3/c1-6-13(9-14-10-16(14)18(19)21-5)15-7-12(3)17(20-4)8-11(15)2/h7-8,13-14,16H,6,9-10H2,1-5H3. The molecular weight excluding hydrogens is 264 g/mol. The Bertz CT molecular complexity index is 521. The zero-order valence-electron chi connectivity index (χ0n) is 13.7. The average Bonchev–Trinajstić information content (AvgIpc) is 3.25. The summed E-state index contributed by atoms with van der Waals surface area (Å²) in [6, 6.07) is 4.37. The fraction of sp³-hybridized carbons (Fsp3) is 0.611. The third-order valence-corrected chi connectivity index (χ3v) is 4.73. The molecule has 2 rings (SSSR count). The number of rotatable bonds is 6. The second-order valence-corrected chi connectivity index (χ2v) is 6.14. The molecule has 3 unspecified atom stereocenters. The molecule has 116 valence electrons. The Kier molecular flexibility index (Phi) is 4.92. The summed E-state index contributed by atoms with van der Waals surface area (Å²) in [5.41, 5.74) is 3.85. The van der Waals surface area contributed by atoms with Crippen LogP contribution in [0.25, 0.3) is 0 Å². The zero-order valence-corrected chi connectivity index (χ0v) is 13.7. The van der Waals surface area contributed by atoms with E-state index in [9.17, 15) is 4.79 Å². The van der Waals surface area contributed by atoms with Crippen molar-refractivity contribution in [1.29, 1.82) is 0 Å². The molecule has 1 aliphatic carbocycles. The zero-order chi connectivity index (χ0) is 15.6. The molecule has 0 saturated heterocycles. The molecule has 0 amide bonds. The van der Waals surface area contributed by atoms with Gasteiger partial charge in [-0.15, -0.1) is 0 Å². The molecule has 0 heterocycles. The van der Waals surface area contributed by atoms with Crippen LogP contribution >= 0.6 is 0 Å². The van der Waals surface area contributed by atoms with Crippen molar-refractivity contribution in [3.63, 3.8) is 0 Å². The molecule has 0 spiro atoms. The van der Waals surface area contributed by atoms with Gasteiger partial charge >= 0.3 is 5.97 Å². The normalized spacial score (nSPS) is 21.8. The summed E-state index contributed by atoms with van der Waals surface area (Å²) in [6.07, 6.45) is 3.15. The van der Waals surface area contributed by atoms with Gasteiger partial charge in [0.25, 0.3) is 0 Å². The van der Waals surface area contributed by atoms with Crippen LogP contribution in [0.15, 0.2) is 12.1 Å². The van der Waals surface area contributed by atoms with Gasteiger partial charge in [0.05, 0.1) is 20.1 Å². The minimum atomic E-state index is -0.0440. The second kappa shape index (κ2) is 6.50. The highest BCUT2D eigenvalue weighted by Crippen LogP contribution is 2.47. The van der Waals surface area contributed by atoms with Crippen LogP contribution in [0.3, 0.4) is 0 Å². The molecule has 1 aromatic carbocycles. The Morgan fingerprint density at radius 2 is 2.00 bits per heavy atom. The maximum absolute atomic E-state index is 11.6. The maximum Gasteiger partial charge on any atom is 0.308 e. The van der Waals surface area contributed by atoms with Crippen molar-refractivity contribution in [3.05, 3.63) is 28.8 Å². The van der Waals surface area contributed by atoms with Crippen molar-refractivity contribution in [2.75, 3.05) is 14.2 Å². The molecular formula is C18H26O3. The van der Waals surface area contributed by atoms with E-state index in [1.54, 1.807) is 7.11 Å². The van der Waals surface area contributed by atoms with Crippen molar-refractivity contribution < 1.29 is 14.3 Å². The number of hydrogen-bond donors (Lipinski definition) is 0. The first-order valence-corrected chi connectivity index (χ1v) is 7.74. The summed E-state index contributed by atoms with van der Waals surface area (Å²) in [5, 5.41) is 0. The van der Waals surface area contributed by atoms with Gasteiger partial charge in [0.1, 0.15) is 5.75 Å². The third kappa shape index (κ3) is 3.39. The molecule has 1 fully saturated rings. The maximum atomic E-state index is 11.6. The number of carbonyl (C=O) groups excluding carboxylic acids is 1. The Hall–Kier alpha value is -1.51. The van der Waals surface area contributed by atoms with Crippen molar-refractivity contribution >= 4 is 5.97 Å². The van der Waals surface area contributed by atoms with Gasteiger partial charge in [-0.05, 0) is 67.7 Å². The predicted molar refractivity (Wildman–Crippen MR) is 83.7 cm³/mol. The van der Waals surface area contributed by atoms with Crippen LogP contribution in [0, 0.1) is 25.7 Å². The minimum Gasteiger partial charge on any atom is -0.496 e. The fourth-order valence-corrected chi connectivity index (χ4v) is 3.30. The summed E-state index contributed by atoms with van der Waals surface area (Å²) in [6.45, 7) is 6.45. The third-order valence-electron chi connectivity index (χ3n) is 4.73. The highest BCUT2D eigenvalue weighted by atomic mass is 16.5. The van der Waals surface area contributed by atoms with Crippen LogP contribution < -0.4 is 4.74 Å². The molecule has 0 radical (unpaired) electrons. The van der Waals surface area contributed by atoms with E-state index < -0.39 is 0 Å². The van der Waals surface area contributed by atoms with Gasteiger partial charge in [-0.1, -0.05) is 13.0 Å². The van der Waals surface area contributed by atoms with E-state index in [4.69, 9.17) is 9.47 Å². The lowest BCUT2D eigenvalue weighted by atomic mass is 9.86. The van der Waals surface area contributed by atoms with Crippen LogP contribution in [-0.2, 0) is 9.53 Å². The monoisotopic (exact) mass is 290 g/mol. The van der Waals surface area contributed by atoms with Crippen LogP contribution in [0.1, 0.15) is 48.8 Å². The molecule has 0 bridgehead atoms. The summed E-state index contributed by atoms with van der Waals surface area (Å²) in [5.74, 6) is 2.03. The lowest BCUT2D eigenvalue weighted by Gasteiger charge is -2.20. The van der Waals surface area contributed by atoms with Gasteiger partial charge in [-0.3, -0.25) is 4.79 Å². The fourth-order valence-electron chi connectivity index (χ4n) is 3.30.